The minimum atomic E-state index is -0.789. The van der Waals surface area contributed by atoms with Crippen LogP contribution in [0.15, 0.2) is 59.7 Å². The quantitative estimate of drug-likeness (QED) is 0.222. The van der Waals surface area contributed by atoms with E-state index in [1.807, 2.05) is 6.07 Å². The van der Waals surface area contributed by atoms with Gasteiger partial charge in [-0.25, -0.2) is 19.2 Å². The van der Waals surface area contributed by atoms with Gasteiger partial charge in [0.2, 0.25) is 0 Å². The van der Waals surface area contributed by atoms with Gasteiger partial charge in [0.05, 0.1) is 19.6 Å². The lowest BCUT2D eigenvalue weighted by molar-refractivity contribution is 0.384. The van der Waals surface area contributed by atoms with Crippen molar-refractivity contribution in [2.45, 2.75) is 12.5 Å². The monoisotopic (exact) mass is 473 g/mol. The summed E-state index contributed by atoms with van der Waals surface area (Å²) in [6, 6.07) is 12.5. The third kappa shape index (κ3) is 4.83. The third-order valence-corrected chi connectivity index (χ3v) is 5.12. The first-order valence-corrected chi connectivity index (χ1v) is 10.3. The molecule has 0 aliphatic rings. The van der Waals surface area contributed by atoms with E-state index in [4.69, 9.17) is 21.1 Å². The number of aromatic amines is 1. The fourth-order valence-corrected chi connectivity index (χ4v) is 3.44. The molecule has 11 nitrogen and oxygen atoms in total. The molecular weight excluding hydrogens is 453 g/mol. The third-order valence-electron chi connectivity index (χ3n) is 5.12. The number of hydrogen-bond acceptors (Lipinski definition) is 8. The number of methoxy groups -OCH3 is 1. The fraction of sp³-hybridized carbons (Fsp3) is 0.130. The maximum atomic E-state index is 14.7. The molecule has 2 aromatic carbocycles. The predicted molar refractivity (Wildman–Crippen MR) is 125 cm³/mol. The number of halogens is 1. The molecule has 176 valence electrons. The molecular formula is C23H20FN9O2. The van der Waals surface area contributed by atoms with E-state index in [1.54, 1.807) is 30.3 Å². The molecule has 0 saturated heterocycles. The number of anilines is 1. The van der Waals surface area contributed by atoms with Gasteiger partial charge in [-0.2, -0.15) is 5.26 Å². The number of benzene rings is 2. The first-order chi connectivity index (χ1) is 16.9. The van der Waals surface area contributed by atoms with E-state index < -0.39 is 17.5 Å². The number of amidine groups is 1. The summed E-state index contributed by atoms with van der Waals surface area (Å²) in [5, 5.41) is 24.3. The SMILES string of the molecule is COc1cc([C@H](Nc2ccc(C(=N)N)cc2)c2nn(-c3ncccn3)c(=O)[nH]2)cc(CC#N)c1F. The lowest BCUT2D eigenvalue weighted by Crippen LogP contribution is -2.18. The highest BCUT2D eigenvalue weighted by Crippen LogP contribution is 2.31. The highest BCUT2D eigenvalue weighted by Gasteiger charge is 2.24. The number of nitriles is 1. The second kappa shape index (κ2) is 9.84. The summed E-state index contributed by atoms with van der Waals surface area (Å²) in [6.45, 7) is 0. The molecule has 4 aromatic rings. The zero-order chi connectivity index (χ0) is 24.9. The predicted octanol–water partition coefficient (Wildman–Crippen LogP) is 2.05. The molecule has 0 saturated carbocycles. The summed E-state index contributed by atoms with van der Waals surface area (Å²) in [7, 11) is 1.32. The number of nitrogens with zero attached hydrogens (tertiary/aromatic N) is 5. The van der Waals surface area contributed by atoms with Gasteiger partial charge >= 0.3 is 5.69 Å². The van der Waals surface area contributed by atoms with Gasteiger partial charge < -0.3 is 15.8 Å². The fourth-order valence-electron chi connectivity index (χ4n) is 3.44. The van der Waals surface area contributed by atoms with Gasteiger partial charge in [-0.05, 0) is 48.0 Å². The Hall–Kier alpha value is -5.05. The topological polar surface area (TPSA) is 171 Å². The Morgan fingerprint density at radius 1 is 1.31 bits per heavy atom. The van der Waals surface area contributed by atoms with Crippen LogP contribution in [-0.2, 0) is 6.42 Å². The van der Waals surface area contributed by atoms with Gasteiger partial charge in [0.15, 0.2) is 17.4 Å². The van der Waals surface area contributed by atoms with Crippen LogP contribution in [0.2, 0.25) is 0 Å². The molecule has 4 rings (SSSR count). The van der Waals surface area contributed by atoms with Crippen LogP contribution in [0.4, 0.5) is 10.1 Å². The Kier molecular flexibility index (Phi) is 6.50. The van der Waals surface area contributed by atoms with Crippen LogP contribution in [0.25, 0.3) is 5.95 Å². The second-order valence-corrected chi connectivity index (χ2v) is 7.38. The minimum absolute atomic E-state index is 0.0559. The summed E-state index contributed by atoms with van der Waals surface area (Å²) in [5.74, 6) is -0.511. The Morgan fingerprint density at radius 3 is 2.66 bits per heavy atom. The molecule has 0 radical (unpaired) electrons. The summed E-state index contributed by atoms with van der Waals surface area (Å²) < 4.78 is 20.9. The number of nitrogens with one attached hydrogen (secondary N) is 3. The highest BCUT2D eigenvalue weighted by molar-refractivity contribution is 5.95. The van der Waals surface area contributed by atoms with Crippen molar-refractivity contribution >= 4 is 11.5 Å². The van der Waals surface area contributed by atoms with Crippen molar-refractivity contribution in [1.82, 2.24) is 24.7 Å². The highest BCUT2D eigenvalue weighted by atomic mass is 19.1. The van der Waals surface area contributed by atoms with Crippen LogP contribution < -0.4 is 21.5 Å². The standard InChI is InChI=1S/C23H20FN9O2/c1-35-17-12-15(11-14(7-8-25)18(17)24)19(30-16-5-3-13(4-6-16)20(26)27)21-31-23(34)33(32-21)22-28-9-2-10-29-22/h2-6,9-12,19,30H,7H2,1H3,(H3,26,27)(H,31,32,34)/t19-/m0/s1. The van der Waals surface area contributed by atoms with Gasteiger partial charge in [-0.1, -0.05) is 0 Å². The molecule has 0 bridgehead atoms. The average Bonchev–Trinajstić information content (AvgIpc) is 3.26. The summed E-state index contributed by atoms with van der Waals surface area (Å²) in [5.41, 5.74) is 6.72. The Morgan fingerprint density at radius 2 is 2.03 bits per heavy atom. The van der Waals surface area contributed by atoms with Crippen LogP contribution in [0.1, 0.15) is 28.6 Å². The molecule has 1 atom stereocenters. The van der Waals surface area contributed by atoms with Crippen molar-refractivity contribution in [2.24, 2.45) is 5.73 Å². The van der Waals surface area contributed by atoms with Crippen molar-refractivity contribution < 1.29 is 9.13 Å². The van der Waals surface area contributed by atoms with E-state index >= 15 is 0 Å². The maximum Gasteiger partial charge on any atom is 0.350 e. The first kappa shape index (κ1) is 23.1. The zero-order valence-electron chi connectivity index (χ0n) is 18.5. The van der Waals surface area contributed by atoms with Gasteiger partial charge in [-0.3, -0.25) is 10.4 Å². The first-order valence-electron chi connectivity index (χ1n) is 10.3. The Bertz CT molecular complexity index is 1460. The van der Waals surface area contributed by atoms with E-state index in [0.29, 0.717) is 16.8 Å². The van der Waals surface area contributed by atoms with Crippen LogP contribution in [-0.4, -0.2) is 37.7 Å². The zero-order valence-corrected chi connectivity index (χ0v) is 18.5. The van der Waals surface area contributed by atoms with Crippen molar-refractivity contribution in [3.63, 3.8) is 0 Å². The van der Waals surface area contributed by atoms with Crippen LogP contribution >= 0.6 is 0 Å². The molecule has 2 heterocycles. The average molecular weight is 473 g/mol. The summed E-state index contributed by atoms with van der Waals surface area (Å²) in [4.78, 5) is 23.5. The second-order valence-electron chi connectivity index (χ2n) is 7.38. The molecule has 5 N–H and O–H groups in total. The number of aromatic nitrogens is 5. The van der Waals surface area contributed by atoms with Gasteiger partial charge in [0, 0.05) is 29.2 Å². The molecule has 0 aliphatic heterocycles. The van der Waals surface area contributed by atoms with Crippen LogP contribution in [0.3, 0.4) is 0 Å². The molecule has 0 fully saturated rings. The number of nitrogens with two attached hydrogens (primary N) is 1. The number of hydrogen-bond donors (Lipinski definition) is 4. The molecule has 0 spiro atoms. The smallest absolute Gasteiger partial charge is 0.350 e. The molecule has 0 aliphatic carbocycles. The number of nitrogen functional groups attached to an aromatic ring is 1. The largest absolute Gasteiger partial charge is 0.494 e. The maximum absolute atomic E-state index is 14.7. The van der Waals surface area contributed by atoms with Gasteiger partial charge in [0.1, 0.15) is 11.9 Å². The summed E-state index contributed by atoms with van der Waals surface area (Å²) >= 11 is 0. The van der Waals surface area contributed by atoms with Crippen LogP contribution in [0.5, 0.6) is 5.75 Å². The molecule has 0 unspecified atom stereocenters. The molecule has 0 amide bonds. The lowest BCUT2D eigenvalue weighted by atomic mass is 10.00. The van der Waals surface area contributed by atoms with Crippen molar-refractivity contribution in [2.75, 3.05) is 12.4 Å². The van der Waals surface area contributed by atoms with Gasteiger partial charge in [0.25, 0.3) is 5.95 Å². The molecule has 12 heteroatoms. The van der Waals surface area contributed by atoms with Crippen LogP contribution in [0, 0.1) is 22.6 Å². The number of rotatable bonds is 8. The van der Waals surface area contributed by atoms with Crippen molar-refractivity contribution in [1.29, 1.82) is 10.7 Å². The Labute approximate surface area is 198 Å². The Balaban J connectivity index is 1.84. The lowest BCUT2D eigenvalue weighted by Gasteiger charge is -2.20. The molecule has 35 heavy (non-hydrogen) atoms. The van der Waals surface area contributed by atoms with E-state index in [0.717, 1.165) is 4.68 Å². The normalized spacial score (nSPS) is 11.5. The van der Waals surface area contributed by atoms with E-state index in [-0.39, 0.29) is 35.3 Å². The van der Waals surface area contributed by atoms with Gasteiger partial charge in [-0.15, -0.1) is 9.78 Å². The summed E-state index contributed by atoms with van der Waals surface area (Å²) in [6.07, 6.45) is 2.78. The van der Waals surface area contributed by atoms with E-state index in [9.17, 15) is 9.18 Å². The van der Waals surface area contributed by atoms with E-state index in [1.165, 1.54) is 31.6 Å². The number of H-pyrrole nitrogens is 1. The molecule has 2 aromatic heterocycles. The number of ether oxygens (including phenoxy) is 1. The van der Waals surface area contributed by atoms with E-state index in [2.05, 4.69) is 25.4 Å². The van der Waals surface area contributed by atoms with Crippen molar-refractivity contribution in [3.8, 4) is 17.8 Å². The van der Waals surface area contributed by atoms with Crippen molar-refractivity contribution in [3.05, 3.63) is 93.7 Å². The minimum Gasteiger partial charge on any atom is -0.494 e.